The topological polar surface area (TPSA) is 78.0 Å². The van der Waals surface area contributed by atoms with E-state index in [9.17, 15) is 4.79 Å². The largest absolute Gasteiger partial charge is 0.480 e. The molecule has 0 aliphatic carbocycles. The third-order valence-corrected chi connectivity index (χ3v) is 3.56. The second-order valence-corrected chi connectivity index (χ2v) is 4.89. The quantitative estimate of drug-likeness (QED) is 0.683. The molecule has 3 rings (SSSR count). The van der Waals surface area contributed by atoms with Crippen molar-refractivity contribution in [2.45, 2.75) is 0 Å². The molecule has 0 saturated heterocycles. The molecular formula is C13H11N3O2S. The van der Waals surface area contributed by atoms with Gasteiger partial charge >= 0.3 is 5.97 Å². The van der Waals surface area contributed by atoms with Crippen molar-refractivity contribution in [3.05, 3.63) is 35.8 Å². The van der Waals surface area contributed by atoms with Crippen LogP contribution in [0, 0.1) is 0 Å². The maximum Gasteiger partial charge on any atom is 0.322 e. The molecule has 6 heteroatoms. The van der Waals surface area contributed by atoms with Gasteiger partial charge in [-0.25, -0.2) is 4.98 Å². The Labute approximate surface area is 112 Å². The number of hydrogen-bond acceptors (Lipinski definition) is 4. The molecule has 0 unspecified atom stereocenters. The summed E-state index contributed by atoms with van der Waals surface area (Å²) in [5.74, 6) is -0.899. The molecule has 2 heterocycles. The summed E-state index contributed by atoms with van der Waals surface area (Å²) in [5.41, 5.74) is 2.93. The minimum absolute atomic E-state index is 0.124. The number of thiazole rings is 1. The van der Waals surface area contributed by atoms with E-state index in [1.807, 2.05) is 35.8 Å². The van der Waals surface area contributed by atoms with Gasteiger partial charge in [0, 0.05) is 28.0 Å². The Bertz CT molecular complexity index is 732. The van der Waals surface area contributed by atoms with Crippen LogP contribution in [-0.2, 0) is 4.79 Å². The normalized spacial score (nSPS) is 10.7. The monoisotopic (exact) mass is 273 g/mol. The summed E-state index contributed by atoms with van der Waals surface area (Å²) < 4.78 is 0. The Hall–Kier alpha value is -2.34. The maximum absolute atomic E-state index is 10.5. The highest BCUT2D eigenvalue weighted by atomic mass is 32.1. The molecule has 2 aromatic heterocycles. The number of benzene rings is 1. The Kier molecular flexibility index (Phi) is 2.92. The number of nitrogens with zero attached hydrogens (tertiary/aromatic N) is 1. The second kappa shape index (κ2) is 4.74. The van der Waals surface area contributed by atoms with Crippen molar-refractivity contribution in [1.82, 2.24) is 9.97 Å². The van der Waals surface area contributed by atoms with Crippen LogP contribution in [0.25, 0.3) is 22.2 Å². The molecule has 3 N–H and O–H groups in total. The lowest BCUT2D eigenvalue weighted by Gasteiger charge is -1.96. The van der Waals surface area contributed by atoms with Gasteiger partial charge in [0.05, 0.1) is 5.69 Å². The number of fused-ring (bicyclic) bond motifs is 1. The van der Waals surface area contributed by atoms with Gasteiger partial charge < -0.3 is 15.4 Å². The van der Waals surface area contributed by atoms with Crippen molar-refractivity contribution in [1.29, 1.82) is 0 Å². The lowest BCUT2D eigenvalue weighted by atomic mass is 10.1. The third kappa shape index (κ3) is 2.30. The van der Waals surface area contributed by atoms with Gasteiger partial charge in [0.2, 0.25) is 0 Å². The number of nitrogens with one attached hydrogen (secondary N) is 2. The molecule has 1 aromatic carbocycles. The number of aromatic amines is 1. The summed E-state index contributed by atoms with van der Waals surface area (Å²) in [5, 5.41) is 15.0. The zero-order valence-corrected chi connectivity index (χ0v) is 10.7. The van der Waals surface area contributed by atoms with Crippen LogP contribution < -0.4 is 5.32 Å². The number of carbonyl (C=O) groups is 1. The summed E-state index contributed by atoms with van der Waals surface area (Å²) >= 11 is 1.40. The van der Waals surface area contributed by atoms with E-state index in [4.69, 9.17) is 5.11 Å². The van der Waals surface area contributed by atoms with Crippen LogP contribution in [-0.4, -0.2) is 27.6 Å². The van der Waals surface area contributed by atoms with Crippen molar-refractivity contribution in [3.8, 4) is 11.3 Å². The van der Waals surface area contributed by atoms with E-state index in [1.54, 1.807) is 0 Å². The number of carboxylic acid groups (broad SMARTS) is 1. The van der Waals surface area contributed by atoms with Gasteiger partial charge in [-0.15, -0.1) is 11.3 Å². The van der Waals surface area contributed by atoms with Crippen molar-refractivity contribution >= 4 is 33.3 Å². The molecule has 3 aromatic rings. The highest BCUT2D eigenvalue weighted by Gasteiger charge is 2.09. The fourth-order valence-electron chi connectivity index (χ4n) is 1.91. The molecule has 0 aliphatic heterocycles. The van der Waals surface area contributed by atoms with Gasteiger partial charge in [0.25, 0.3) is 0 Å². The second-order valence-electron chi connectivity index (χ2n) is 4.03. The fraction of sp³-hybridized carbons (Fsp3) is 0.0769. The standard InChI is InChI=1S/C13H11N3O2S/c17-12(18)6-15-13-16-11(7-19-13)9-5-14-10-4-2-1-3-8(9)10/h1-5,7,14H,6H2,(H,15,16)(H,17,18). The zero-order chi connectivity index (χ0) is 13.2. The minimum Gasteiger partial charge on any atom is -0.480 e. The number of carboxylic acids is 1. The number of anilines is 1. The Morgan fingerprint density at radius 1 is 1.42 bits per heavy atom. The van der Waals surface area contributed by atoms with Gasteiger partial charge in [0.15, 0.2) is 5.13 Å². The van der Waals surface area contributed by atoms with Crippen molar-refractivity contribution in [2.75, 3.05) is 11.9 Å². The smallest absolute Gasteiger partial charge is 0.322 e. The Morgan fingerprint density at radius 2 is 2.26 bits per heavy atom. The van der Waals surface area contributed by atoms with E-state index < -0.39 is 5.97 Å². The Balaban J connectivity index is 1.92. The predicted molar refractivity (Wildman–Crippen MR) is 75.5 cm³/mol. The molecule has 0 saturated carbocycles. The molecular weight excluding hydrogens is 262 g/mol. The first-order valence-electron chi connectivity index (χ1n) is 5.72. The van der Waals surface area contributed by atoms with E-state index in [0.29, 0.717) is 5.13 Å². The molecule has 0 amide bonds. The number of rotatable bonds is 4. The summed E-state index contributed by atoms with van der Waals surface area (Å²) in [7, 11) is 0. The van der Waals surface area contributed by atoms with Crippen molar-refractivity contribution < 1.29 is 9.90 Å². The number of aromatic nitrogens is 2. The molecule has 0 spiro atoms. The summed E-state index contributed by atoms with van der Waals surface area (Å²) in [6.07, 6.45) is 1.92. The van der Waals surface area contributed by atoms with Gasteiger partial charge in [-0.05, 0) is 6.07 Å². The van der Waals surface area contributed by atoms with Gasteiger partial charge in [-0.3, -0.25) is 4.79 Å². The van der Waals surface area contributed by atoms with E-state index >= 15 is 0 Å². The fourth-order valence-corrected chi connectivity index (χ4v) is 2.62. The molecule has 0 aliphatic rings. The van der Waals surface area contributed by atoms with E-state index in [2.05, 4.69) is 15.3 Å². The summed E-state index contributed by atoms with van der Waals surface area (Å²) in [4.78, 5) is 18.1. The first-order chi connectivity index (χ1) is 9.24. The van der Waals surface area contributed by atoms with Gasteiger partial charge in [-0.2, -0.15) is 0 Å². The van der Waals surface area contributed by atoms with E-state index in [-0.39, 0.29) is 6.54 Å². The van der Waals surface area contributed by atoms with Crippen LogP contribution in [0.4, 0.5) is 5.13 Å². The molecule has 0 radical (unpaired) electrons. The summed E-state index contributed by atoms with van der Waals surface area (Å²) in [6, 6.07) is 8.00. The van der Waals surface area contributed by atoms with Gasteiger partial charge in [0.1, 0.15) is 6.54 Å². The molecule has 0 bridgehead atoms. The van der Waals surface area contributed by atoms with E-state index in [1.165, 1.54) is 11.3 Å². The first-order valence-corrected chi connectivity index (χ1v) is 6.59. The molecule has 5 nitrogen and oxygen atoms in total. The van der Waals surface area contributed by atoms with E-state index in [0.717, 1.165) is 22.2 Å². The lowest BCUT2D eigenvalue weighted by molar-refractivity contribution is -0.134. The third-order valence-electron chi connectivity index (χ3n) is 2.76. The van der Waals surface area contributed by atoms with Crippen molar-refractivity contribution in [2.24, 2.45) is 0 Å². The van der Waals surface area contributed by atoms with Crippen LogP contribution in [0.15, 0.2) is 35.8 Å². The summed E-state index contributed by atoms with van der Waals surface area (Å²) in [6.45, 7) is -0.124. The number of H-pyrrole nitrogens is 1. The van der Waals surface area contributed by atoms with Crippen molar-refractivity contribution in [3.63, 3.8) is 0 Å². The molecule has 19 heavy (non-hydrogen) atoms. The predicted octanol–water partition coefficient (Wildman–Crippen LogP) is 2.79. The number of para-hydroxylation sites is 1. The van der Waals surface area contributed by atoms with Crippen LogP contribution in [0.1, 0.15) is 0 Å². The minimum atomic E-state index is -0.899. The van der Waals surface area contributed by atoms with Crippen LogP contribution >= 0.6 is 11.3 Å². The molecule has 96 valence electrons. The highest BCUT2D eigenvalue weighted by molar-refractivity contribution is 7.14. The Morgan fingerprint density at radius 3 is 3.11 bits per heavy atom. The SMILES string of the molecule is O=C(O)CNc1nc(-c2c[nH]c3ccccc23)cs1. The molecule has 0 fully saturated rings. The van der Waals surface area contributed by atoms with Gasteiger partial charge in [-0.1, -0.05) is 18.2 Å². The zero-order valence-electron chi connectivity index (χ0n) is 9.88. The average molecular weight is 273 g/mol. The molecule has 0 atom stereocenters. The van der Waals surface area contributed by atoms with Crippen LogP contribution in [0.5, 0.6) is 0 Å². The van der Waals surface area contributed by atoms with Crippen LogP contribution in [0.2, 0.25) is 0 Å². The number of hydrogen-bond donors (Lipinski definition) is 3. The highest BCUT2D eigenvalue weighted by Crippen LogP contribution is 2.30. The lowest BCUT2D eigenvalue weighted by Crippen LogP contribution is -2.11. The number of aliphatic carboxylic acids is 1. The maximum atomic E-state index is 10.5. The average Bonchev–Trinajstić information content (AvgIpc) is 3.02. The van der Waals surface area contributed by atoms with Crippen LogP contribution in [0.3, 0.4) is 0 Å². The first kappa shape index (κ1) is 11.7.